The Morgan fingerprint density at radius 1 is 1.50 bits per heavy atom. The second kappa shape index (κ2) is 5.65. The lowest BCUT2D eigenvalue weighted by molar-refractivity contribution is 0.513. The Morgan fingerprint density at radius 3 is 2.56 bits per heavy atom. The van der Waals surface area contributed by atoms with Crippen molar-refractivity contribution in [2.45, 2.75) is 33.4 Å². The van der Waals surface area contributed by atoms with Gasteiger partial charge < -0.3 is 10.6 Å². The third-order valence-electron chi connectivity index (χ3n) is 2.44. The van der Waals surface area contributed by atoms with Crippen molar-refractivity contribution in [1.29, 1.82) is 0 Å². The maximum atomic E-state index is 11.7. The van der Waals surface area contributed by atoms with Crippen LogP contribution in [0.5, 0.6) is 0 Å². The quantitative estimate of drug-likeness (QED) is 0.788. The van der Waals surface area contributed by atoms with Crippen LogP contribution in [0.3, 0.4) is 0 Å². The van der Waals surface area contributed by atoms with Gasteiger partial charge in [0.1, 0.15) is 0 Å². The molecule has 0 spiro atoms. The average molecular weight is 224 g/mol. The highest BCUT2D eigenvalue weighted by Gasteiger charge is 2.06. The summed E-state index contributed by atoms with van der Waals surface area (Å²) < 4.78 is 1.40. The van der Waals surface area contributed by atoms with Crippen molar-refractivity contribution in [3.8, 4) is 0 Å². The molecule has 0 aliphatic carbocycles. The Morgan fingerprint density at radius 2 is 2.12 bits per heavy atom. The topological polar surface area (TPSA) is 64.2 Å². The van der Waals surface area contributed by atoms with Crippen LogP contribution in [0.4, 0.5) is 5.69 Å². The lowest BCUT2D eigenvalue weighted by Gasteiger charge is -2.20. The molecule has 0 saturated carbocycles. The van der Waals surface area contributed by atoms with Gasteiger partial charge in [0.05, 0.1) is 18.4 Å². The SMILES string of the molecule is CCN(CC)c1cnn(C[C@@H](C)N)c(=O)c1. The van der Waals surface area contributed by atoms with Crippen LogP contribution < -0.4 is 16.2 Å². The molecule has 0 saturated heterocycles. The van der Waals surface area contributed by atoms with Crippen molar-refractivity contribution < 1.29 is 0 Å². The Bertz CT molecular complexity index is 382. The zero-order valence-electron chi connectivity index (χ0n) is 10.2. The number of anilines is 1. The molecule has 2 N–H and O–H groups in total. The van der Waals surface area contributed by atoms with Gasteiger partial charge in [-0.2, -0.15) is 5.10 Å². The van der Waals surface area contributed by atoms with Crippen LogP contribution >= 0.6 is 0 Å². The summed E-state index contributed by atoms with van der Waals surface area (Å²) in [6.45, 7) is 8.15. The Kier molecular flexibility index (Phi) is 4.49. The zero-order chi connectivity index (χ0) is 12.1. The molecule has 0 unspecified atom stereocenters. The van der Waals surface area contributed by atoms with Crippen LogP contribution in [-0.2, 0) is 6.54 Å². The van der Waals surface area contributed by atoms with Crippen LogP contribution in [0.1, 0.15) is 20.8 Å². The van der Waals surface area contributed by atoms with Gasteiger partial charge in [-0.25, -0.2) is 4.68 Å². The first-order valence-corrected chi connectivity index (χ1v) is 5.66. The fourth-order valence-corrected chi connectivity index (χ4v) is 1.60. The third kappa shape index (κ3) is 3.06. The second-order valence-corrected chi connectivity index (χ2v) is 3.88. The summed E-state index contributed by atoms with van der Waals surface area (Å²) in [7, 11) is 0. The van der Waals surface area contributed by atoms with Crippen LogP contribution in [0.15, 0.2) is 17.1 Å². The lowest BCUT2D eigenvalue weighted by Crippen LogP contribution is -2.32. The molecular formula is C11H20N4O. The lowest BCUT2D eigenvalue weighted by atomic mass is 10.3. The number of hydrogen-bond acceptors (Lipinski definition) is 4. The summed E-state index contributed by atoms with van der Waals surface area (Å²) >= 11 is 0. The van der Waals surface area contributed by atoms with E-state index in [1.807, 2.05) is 6.92 Å². The fraction of sp³-hybridized carbons (Fsp3) is 0.636. The Hall–Kier alpha value is -1.36. The molecule has 1 aromatic rings. The maximum Gasteiger partial charge on any atom is 0.268 e. The first kappa shape index (κ1) is 12.7. The van der Waals surface area contributed by atoms with E-state index in [1.54, 1.807) is 12.3 Å². The molecule has 0 bridgehead atoms. The minimum absolute atomic E-state index is 0.0653. The zero-order valence-corrected chi connectivity index (χ0v) is 10.2. The molecule has 90 valence electrons. The van der Waals surface area contributed by atoms with Crippen LogP contribution in [-0.4, -0.2) is 28.9 Å². The van der Waals surface area contributed by atoms with Crippen molar-refractivity contribution >= 4 is 5.69 Å². The summed E-state index contributed by atoms with van der Waals surface area (Å²) in [4.78, 5) is 13.8. The summed E-state index contributed by atoms with van der Waals surface area (Å²) in [6, 6.07) is 1.55. The molecular weight excluding hydrogens is 204 g/mol. The van der Waals surface area contributed by atoms with E-state index in [0.29, 0.717) is 6.54 Å². The molecule has 5 nitrogen and oxygen atoms in total. The highest BCUT2D eigenvalue weighted by atomic mass is 16.1. The average Bonchev–Trinajstić information content (AvgIpc) is 2.23. The van der Waals surface area contributed by atoms with Crippen molar-refractivity contribution in [3.05, 3.63) is 22.6 Å². The molecule has 0 amide bonds. The van der Waals surface area contributed by atoms with E-state index in [1.165, 1.54) is 4.68 Å². The largest absolute Gasteiger partial charge is 0.371 e. The van der Waals surface area contributed by atoms with E-state index in [4.69, 9.17) is 5.73 Å². The first-order chi connectivity index (χ1) is 7.58. The van der Waals surface area contributed by atoms with Gasteiger partial charge in [0.25, 0.3) is 5.56 Å². The molecule has 0 fully saturated rings. The van der Waals surface area contributed by atoms with Gasteiger partial charge in [-0.15, -0.1) is 0 Å². The predicted molar refractivity (Wildman–Crippen MR) is 65.7 cm³/mol. The Balaban J connectivity index is 2.94. The molecule has 1 heterocycles. The highest BCUT2D eigenvalue weighted by Crippen LogP contribution is 2.07. The smallest absolute Gasteiger partial charge is 0.268 e. The molecule has 16 heavy (non-hydrogen) atoms. The van der Waals surface area contributed by atoms with Gasteiger partial charge in [0.2, 0.25) is 0 Å². The standard InChI is InChI=1S/C11H20N4O/c1-4-14(5-2)10-6-11(16)15(13-7-10)8-9(3)12/h6-7,9H,4-5,8,12H2,1-3H3/t9-/m1/s1. The Labute approximate surface area is 95.9 Å². The van der Waals surface area contributed by atoms with Gasteiger partial charge in [-0.3, -0.25) is 4.79 Å². The van der Waals surface area contributed by atoms with Crippen LogP contribution in [0, 0.1) is 0 Å². The van der Waals surface area contributed by atoms with Crippen molar-refractivity contribution in [2.75, 3.05) is 18.0 Å². The highest BCUT2D eigenvalue weighted by molar-refractivity contribution is 5.42. The summed E-state index contributed by atoms with van der Waals surface area (Å²) in [5, 5.41) is 4.12. The van der Waals surface area contributed by atoms with E-state index in [0.717, 1.165) is 18.8 Å². The third-order valence-corrected chi connectivity index (χ3v) is 2.44. The molecule has 0 radical (unpaired) electrons. The monoisotopic (exact) mass is 224 g/mol. The van der Waals surface area contributed by atoms with Crippen LogP contribution in [0.25, 0.3) is 0 Å². The summed E-state index contributed by atoms with van der Waals surface area (Å²) in [6.07, 6.45) is 1.72. The molecule has 1 atom stereocenters. The first-order valence-electron chi connectivity index (χ1n) is 5.66. The normalized spacial score (nSPS) is 12.5. The van der Waals surface area contributed by atoms with Crippen molar-refractivity contribution in [1.82, 2.24) is 9.78 Å². The molecule has 5 heteroatoms. The van der Waals surface area contributed by atoms with E-state index in [9.17, 15) is 4.79 Å². The minimum atomic E-state index is -0.0956. The molecule has 0 aromatic carbocycles. The number of aromatic nitrogens is 2. The van der Waals surface area contributed by atoms with Gasteiger partial charge in [-0.05, 0) is 20.8 Å². The van der Waals surface area contributed by atoms with Gasteiger partial charge in [0.15, 0.2) is 0 Å². The predicted octanol–water partition coefficient (Wildman–Crippen LogP) is 0.437. The molecule has 0 aliphatic rings. The molecule has 1 rings (SSSR count). The van der Waals surface area contributed by atoms with Crippen molar-refractivity contribution in [2.24, 2.45) is 5.73 Å². The summed E-state index contributed by atoms with van der Waals surface area (Å²) in [5.74, 6) is 0. The molecule has 1 aromatic heterocycles. The second-order valence-electron chi connectivity index (χ2n) is 3.88. The minimum Gasteiger partial charge on any atom is -0.371 e. The van der Waals surface area contributed by atoms with E-state index in [-0.39, 0.29) is 11.6 Å². The van der Waals surface area contributed by atoms with E-state index >= 15 is 0 Å². The summed E-state index contributed by atoms with van der Waals surface area (Å²) in [5.41, 5.74) is 6.41. The fourth-order valence-electron chi connectivity index (χ4n) is 1.60. The maximum absolute atomic E-state index is 11.7. The van der Waals surface area contributed by atoms with Gasteiger partial charge in [-0.1, -0.05) is 0 Å². The van der Waals surface area contributed by atoms with E-state index < -0.39 is 0 Å². The van der Waals surface area contributed by atoms with Crippen LogP contribution in [0.2, 0.25) is 0 Å². The number of nitrogens with two attached hydrogens (primary N) is 1. The van der Waals surface area contributed by atoms with Crippen molar-refractivity contribution in [3.63, 3.8) is 0 Å². The number of nitrogens with zero attached hydrogens (tertiary/aromatic N) is 3. The number of hydrogen-bond donors (Lipinski definition) is 1. The van der Waals surface area contributed by atoms with Gasteiger partial charge in [0, 0.05) is 25.2 Å². The molecule has 0 aliphatic heterocycles. The number of rotatable bonds is 5. The van der Waals surface area contributed by atoms with Gasteiger partial charge >= 0.3 is 0 Å². The van der Waals surface area contributed by atoms with E-state index in [2.05, 4.69) is 23.8 Å².